The lowest BCUT2D eigenvalue weighted by atomic mass is 9.91. The zero-order chi connectivity index (χ0) is 23.2. The molecular weight excluding hydrogens is 428 g/mol. The molecule has 2 N–H and O–H groups in total. The standard InChI is InChI=1S/C23H22N4O6/c1-23(14-4-9-17-18(11-14)33-13-32-17)21(30)27(22(31)25-23)12-19(28)24-15-5-7-16(8-6-15)26-10-2-3-20(26)29/h4-9,11H,2-3,10,12-13H2,1H3,(H,24,28)(H,25,31)/t23-/m1/s1. The van der Waals surface area contributed by atoms with Gasteiger partial charge in [-0.15, -0.1) is 0 Å². The summed E-state index contributed by atoms with van der Waals surface area (Å²) in [6.45, 7) is 1.93. The molecule has 3 aliphatic heterocycles. The number of ether oxygens (including phenoxy) is 2. The van der Waals surface area contributed by atoms with Crippen LogP contribution in [0.15, 0.2) is 42.5 Å². The van der Waals surface area contributed by atoms with E-state index in [9.17, 15) is 19.2 Å². The lowest BCUT2D eigenvalue weighted by Crippen LogP contribution is -2.42. The van der Waals surface area contributed by atoms with Gasteiger partial charge < -0.3 is 25.0 Å². The van der Waals surface area contributed by atoms with E-state index in [4.69, 9.17) is 9.47 Å². The average molecular weight is 450 g/mol. The summed E-state index contributed by atoms with van der Waals surface area (Å²) in [5.74, 6) is 0.0835. The van der Waals surface area contributed by atoms with Crippen molar-refractivity contribution in [2.45, 2.75) is 25.3 Å². The summed E-state index contributed by atoms with van der Waals surface area (Å²) in [5, 5.41) is 5.36. The summed E-state index contributed by atoms with van der Waals surface area (Å²) >= 11 is 0. The number of nitrogens with one attached hydrogen (secondary N) is 2. The smallest absolute Gasteiger partial charge is 0.325 e. The van der Waals surface area contributed by atoms with E-state index in [-0.39, 0.29) is 12.7 Å². The van der Waals surface area contributed by atoms with Gasteiger partial charge in [0.15, 0.2) is 11.5 Å². The number of rotatable bonds is 5. The van der Waals surface area contributed by atoms with Gasteiger partial charge in [-0.3, -0.25) is 19.3 Å². The number of hydrogen-bond acceptors (Lipinski definition) is 6. The summed E-state index contributed by atoms with van der Waals surface area (Å²) in [7, 11) is 0. The first-order chi connectivity index (χ1) is 15.8. The Balaban J connectivity index is 1.25. The maximum absolute atomic E-state index is 13.1. The topological polar surface area (TPSA) is 117 Å². The van der Waals surface area contributed by atoms with Crippen LogP contribution < -0.4 is 25.0 Å². The van der Waals surface area contributed by atoms with Gasteiger partial charge in [-0.05, 0) is 55.3 Å². The van der Waals surface area contributed by atoms with Crippen molar-refractivity contribution in [1.82, 2.24) is 10.2 Å². The molecule has 0 saturated carbocycles. The number of fused-ring (bicyclic) bond motifs is 1. The minimum atomic E-state index is -1.33. The Morgan fingerprint density at radius 1 is 1.09 bits per heavy atom. The third-order valence-corrected chi connectivity index (χ3v) is 6.06. The first-order valence-electron chi connectivity index (χ1n) is 10.6. The van der Waals surface area contributed by atoms with Gasteiger partial charge in [0.25, 0.3) is 5.91 Å². The Morgan fingerprint density at radius 2 is 1.85 bits per heavy atom. The van der Waals surface area contributed by atoms with Crippen molar-refractivity contribution in [2.75, 3.05) is 30.1 Å². The molecule has 1 atom stereocenters. The number of nitrogens with zero attached hydrogens (tertiary/aromatic N) is 2. The van der Waals surface area contributed by atoms with Crippen LogP contribution in [-0.2, 0) is 19.9 Å². The fourth-order valence-electron chi connectivity index (χ4n) is 4.23. The van der Waals surface area contributed by atoms with E-state index in [2.05, 4.69) is 10.6 Å². The van der Waals surface area contributed by atoms with E-state index in [1.807, 2.05) is 0 Å². The molecule has 2 aromatic carbocycles. The molecule has 0 aromatic heterocycles. The molecule has 0 radical (unpaired) electrons. The molecule has 3 aliphatic rings. The Hall–Kier alpha value is -4.08. The van der Waals surface area contributed by atoms with Gasteiger partial charge in [0.2, 0.25) is 18.6 Å². The van der Waals surface area contributed by atoms with E-state index < -0.39 is 29.9 Å². The van der Waals surface area contributed by atoms with Crippen LogP contribution in [0, 0.1) is 0 Å². The number of benzene rings is 2. The molecule has 0 bridgehead atoms. The number of carbonyl (C=O) groups is 4. The van der Waals surface area contributed by atoms with Crippen LogP contribution in [0.3, 0.4) is 0 Å². The number of urea groups is 1. The molecule has 2 aromatic rings. The fourth-order valence-corrected chi connectivity index (χ4v) is 4.23. The number of hydrogen-bond donors (Lipinski definition) is 2. The Labute approximate surface area is 189 Å². The van der Waals surface area contributed by atoms with Gasteiger partial charge >= 0.3 is 6.03 Å². The van der Waals surface area contributed by atoms with E-state index in [1.54, 1.807) is 54.3 Å². The number of carbonyl (C=O) groups excluding carboxylic acids is 4. The van der Waals surface area contributed by atoms with Crippen LogP contribution in [0.5, 0.6) is 11.5 Å². The quantitative estimate of drug-likeness (QED) is 0.673. The van der Waals surface area contributed by atoms with Crippen LogP contribution in [0.25, 0.3) is 0 Å². The number of amides is 5. The van der Waals surface area contributed by atoms with Gasteiger partial charge in [0, 0.05) is 24.3 Å². The number of anilines is 2. The molecule has 0 unspecified atom stereocenters. The summed E-state index contributed by atoms with van der Waals surface area (Å²) in [6.07, 6.45) is 1.37. The molecule has 3 heterocycles. The monoisotopic (exact) mass is 450 g/mol. The molecule has 33 heavy (non-hydrogen) atoms. The highest BCUT2D eigenvalue weighted by Crippen LogP contribution is 2.37. The Bertz CT molecular complexity index is 1160. The molecule has 0 spiro atoms. The van der Waals surface area contributed by atoms with E-state index in [0.29, 0.717) is 35.7 Å². The maximum atomic E-state index is 13.1. The third-order valence-electron chi connectivity index (χ3n) is 6.06. The molecule has 2 fully saturated rings. The highest BCUT2D eigenvalue weighted by atomic mass is 16.7. The summed E-state index contributed by atoms with van der Waals surface area (Å²) in [4.78, 5) is 52.7. The molecular formula is C23H22N4O6. The molecule has 10 nitrogen and oxygen atoms in total. The minimum Gasteiger partial charge on any atom is -0.454 e. The van der Waals surface area contributed by atoms with Crippen molar-refractivity contribution >= 4 is 35.1 Å². The van der Waals surface area contributed by atoms with Crippen molar-refractivity contribution in [3.63, 3.8) is 0 Å². The molecule has 0 aliphatic carbocycles. The first kappa shape index (κ1) is 20.8. The predicted molar refractivity (Wildman–Crippen MR) is 117 cm³/mol. The SMILES string of the molecule is C[C@]1(c2ccc3c(c2)OCO3)NC(=O)N(CC(=O)Nc2ccc(N3CCCC3=O)cc2)C1=O. The third kappa shape index (κ3) is 3.63. The van der Waals surface area contributed by atoms with Crippen molar-refractivity contribution in [3.05, 3.63) is 48.0 Å². The second-order valence-corrected chi connectivity index (χ2v) is 8.26. The van der Waals surface area contributed by atoms with E-state index in [1.165, 1.54) is 0 Å². The van der Waals surface area contributed by atoms with Crippen molar-refractivity contribution in [2.24, 2.45) is 0 Å². The lowest BCUT2D eigenvalue weighted by Gasteiger charge is -2.22. The van der Waals surface area contributed by atoms with E-state index >= 15 is 0 Å². The molecule has 170 valence electrons. The van der Waals surface area contributed by atoms with Gasteiger partial charge in [0.1, 0.15) is 12.1 Å². The van der Waals surface area contributed by atoms with E-state index in [0.717, 1.165) is 17.0 Å². The van der Waals surface area contributed by atoms with Crippen LogP contribution in [0.2, 0.25) is 0 Å². The van der Waals surface area contributed by atoms with Crippen LogP contribution in [0.4, 0.5) is 16.2 Å². The molecule has 5 amide bonds. The van der Waals surface area contributed by atoms with Gasteiger partial charge in [0.05, 0.1) is 0 Å². The Kier molecular flexibility index (Phi) is 4.92. The van der Waals surface area contributed by atoms with Crippen molar-refractivity contribution in [1.29, 1.82) is 0 Å². The first-order valence-corrected chi connectivity index (χ1v) is 10.6. The molecule has 2 saturated heterocycles. The average Bonchev–Trinajstić information content (AvgIpc) is 3.49. The van der Waals surface area contributed by atoms with Crippen LogP contribution in [-0.4, -0.2) is 48.5 Å². The molecule has 5 rings (SSSR count). The second kappa shape index (κ2) is 7.80. The highest BCUT2D eigenvalue weighted by Gasteiger charge is 2.49. The normalized spacial score (nSPS) is 21.5. The summed E-state index contributed by atoms with van der Waals surface area (Å²) in [6, 6.07) is 11.2. The zero-order valence-corrected chi connectivity index (χ0v) is 17.9. The minimum absolute atomic E-state index is 0.0795. The highest BCUT2D eigenvalue weighted by molar-refractivity contribution is 6.10. The summed E-state index contributed by atoms with van der Waals surface area (Å²) < 4.78 is 10.7. The van der Waals surface area contributed by atoms with Gasteiger partial charge in [-0.1, -0.05) is 6.07 Å². The van der Waals surface area contributed by atoms with Crippen LogP contribution >= 0.6 is 0 Å². The Morgan fingerprint density at radius 3 is 2.58 bits per heavy atom. The van der Waals surface area contributed by atoms with Crippen molar-refractivity contribution < 1.29 is 28.7 Å². The molecule has 10 heteroatoms. The zero-order valence-electron chi connectivity index (χ0n) is 17.9. The second-order valence-electron chi connectivity index (χ2n) is 8.26. The largest absolute Gasteiger partial charge is 0.454 e. The maximum Gasteiger partial charge on any atom is 0.325 e. The lowest BCUT2D eigenvalue weighted by molar-refractivity contribution is -0.133. The summed E-state index contributed by atoms with van der Waals surface area (Å²) in [5.41, 5.74) is 0.465. The number of imide groups is 1. The van der Waals surface area contributed by atoms with Gasteiger partial charge in [-0.25, -0.2) is 4.79 Å². The van der Waals surface area contributed by atoms with Crippen LogP contribution in [0.1, 0.15) is 25.3 Å². The van der Waals surface area contributed by atoms with Gasteiger partial charge in [-0.2, -0.15) is 0 Å². The predicted octanol–water partition coefficient (Wildman–Crippen LogP) is 1.95. The fraction of sp³-hybridized carbons (Fsp3) is 0.304. The van der Waals surface area contributed by atoms with Crippen molar-refractivity contribution in [3.8, 4) is 11.5 Å².